The van der Waals surface area contributed by atoms with Crippen molar-refractivity contribution in [2.45, 2.75) is 45.6 Å². The van der Waals surface area contributed by atoms with E-state index in [-0.39, 0.29) is 0 Å². The Morgan fingerprint density at radius 1 is 1.17 bits per heavy atom. The lowest BCUT2D eigenvalue weighted by molar-refractivity contribution is 0.157. The average Bonchev–Trinajstić information content (AvgIpc) is 3.07. The van der Waals surface area contributed by atoms with Crippen LogP contribution in [0.15, 0.2) is 36.5 Å². The second-order valence-electron chi connectivity index (χ2n) is 6.88. The highest BCUT2D eigenvalue weighted by Crippen LogP contribution is 2.24. The summed E-state index contributed by atoms with van der Waals surface area (Å²) in [5.41, 5.74) is 2.12. The third kappa shape index (κ3) is 4.20. The van der Waals surface area contributed by atoms with E-state index in [4.69, 9.17) is 0 Å². The highest BCUT2D eigenvalue weighted by atomic mass is 15.4. The minimum Gasteiger partial charge on any atom is -0.303 e. The van der Waals surface area contributed by atoms with E-state index in [1.54, 1.807) is 0 Å². The maximum atomic E-state index is 4.38. The van der Waals surface area contributed by atoms with Crippen LogP contribution in [-0.2, 0) is 0 Å². The van der Waals surface area contributed by atoms with Gasteiger partial charge in [-0.1, -0.05) is 55.8 Å². The molecule has 1 aliphatic rings. The molecule has 0 amide bonds. The summed E-state index contributed by atoms with van der Waals surface area (Å²) in [5, 5.41) is 8.73. The van der Waals surface area contributed by atoms with Gasteiger partial charge in [-0.15, -0.1) is 5.10 Å². The van der Waals surface area contributed by atoms with Gasteiger partial charge in [0.1, 0.15) is 5.69 Å². The number of aromatic nitrogens is 3. The van der Waals surface area contributed by atoms with Gasteiger partial charge in [0.15, 0.2) is 0 Å². The van der Waals surface area contributed by atoms with E-state index in [1.165, 1.54) is 45.3 Å². The molecule has 1 fully saturated rings. The van der Waals surface area contributed by atoms with E-state index in [2.05, 4.69) is 52.1 Å². The summed E-state index contributed by atoms with van der Waals surface area (Å²) in [6.45, 7) is 8.25. The molecule has 0 unspecified atom stereocenters. The van der Waals surface area contributed by atoms with Crippen molar-refractivity contribution in [3.63, 3.8) is 0 Å². The topological polar surface area (TPSA) is 34.0 Å². The number of benzene rings is 1. The van der Waals surface area contributed by atoms with Crippen LogP contribution in [-0.4, -0.2) is 39.5 Å². The number of rotatable bonds is 6. The van der Waals surface area contributed by atoms with E-state index in [0.717, 1.165) is 17.2 Å². The number of hydrogen-bond donors (Lipinski definition) is 0. The van der Waals surface area contributed by atoms with Gasteiger partial charge in [-0.2, -0.15) is 0 Å². The van der Waals surface area contributed by atoms with E-state index in [0.29, 0.717) is 6.04 Å². The predicted octanol–water partition coefficient (Wildman–Crippen LogP) is 4.02. The average molecular weight is 312 g/mol. The number of hydrogen-bond acceptors (Lipinski definition) is 3. The van der Waals surface area contributed by atoms with E-state index in [9.17, 15) is 0 Å². The minimum absolute atomic E-state index is 0.498. The maximum absolute atomic E-state index is 4.38. The number of nitrogens with zero attached hydrogens (tertiary/aromatic N) is 4. The van der Waals surface area contributed by atoms with Crippen LogP contribution in [0.25, 0.3) is 11.3 Å². The van der Waals surface area contributed by atoms with Gasteiger partial charge in [-0.05, 0) is 25.2 Å². The maximum Gasteiger partial charge on any atom is 0.113 e. The Hall–Kier alpha value is -1.68. The molecule has 0 radical (unpaired) electrons. The van der Waals surface area contributed by atoms with E-state index < -0.39 is 0 Å². The van der Waals surface area contributed by atoms with Crippen LogP contribution < -0.4 is 0 Å². The smallest absolute Gasteiger partial charge is 0.113 e. The molecule has 1 aliphatic heterocycles. The van der Waals surface area contributed by atoms with Crippen molar-refractivity contribution in [2.75, 3.05) is 19.6 Å². The molecule has 4 nitrogen and oxygen atoms in total. The van der Waals surface area contributed by atoms with Gasteiger partial charge < -0.3 is 4.90 Å². The molecule has 0 bridgehead atoms. The molecule has 1 aromatic heterocycles. The molecule has 1 saturated heterocycles. The predicted molar refractivity (Wildman–Crippen MR) is 94.2 cm³/mol. The van der Waals surface area contributed by atoms with Crippen LogP contribution in [0.4, 0.5) is 0 Å². The highest BCUT2D eigenvalue weighted by molar-refractivity contribution is 5.57. The monoisotopic (exact) mass is 312 g/mol. The molecular weight excluding hydrogens is 284 g/mol. The fraction of sp³-hybridized carbons (Fsp3) is 0.579. The van der Waals surface area contributed by atoms with Gasteiger partial charge >= 0.3 is 0 Å². The van der Waals surface area contributed by atoms with Crippen molar-refractivity contribution < 1.29 is 0 Å². The van der Waals surface area contributed by atoms with Crippen molar-refractivity contribution in [1.82, 2.24) is 19.9 Å². The first kappa shape index (κ1) is 16.2. The van der Waals surface area contributed by atoms with Crippen molar-refractivity contribution in [2.24, 2.45) is 5.92 Å². The van der Waals surface area contributed by atoms with E-state index in [1.807, 2.05) is 18.2 Å². The molecule has 0 aliphatic carbocycles. The summed E-state index contributed by atoms with van der Waals surface area (Å²) in [5.74, 6) is 0.813. The summed E-state index contributed by atoms with van der Waals surface area (Å²) in [7, 11) is 0. The van der Waals surface area contributed by atoms with Crippen LogP contribution in [0.5, 0.6) is 0 Å². The molecule has 0 saturated carbocycles. The minimum atomic E-state index is 0.498. The summed E-state index contributed by atoms with van der Waals surface area (Å²) < 4.78 is 2.08. The first-order valence-electron chi connectivity index (χ1n) is 8.96. The lowest BCUT2D eigenvalue weighted by Gasteiger charge is -2.33. The van der Waals surface area contributed by atoms with Crippen LogP contribution >= 0.6 is 0 Å². The normalized spacial score (nSPS) is 18.2. The molecular formula is C19H28N4. The Kier molecular flexibility index (Phi) is 5.44. The summed E-state index contributed by atoms with van der Waals surface area (Å²) in [6, 6.07) is 10.8. The largest absolute Gasteiger partial charge is 0.303 e. The second-order valence-corrected chi connectivity index (χ2v) is 6.88. The zero-order valence-corrected chi connectivity index (χ0v) is 14.4. The lowest BCUT2D eigenvalue weighted by Crippen LogP contribution is -2.37. The molecule has 0 N–H and O–H groups in total. The van der Waals surface area contributed by atoms with Crippen LogP contribution in [0, 0.1) is 5.92 Å². The Balaban J connectivity index is 1.55. The SMILES string of the molecule is CCC[C@H](C)CN1CCC(n2cc(-c3ccccc3)nn2)CC1. The fourth-order valence-electron chi connectivity index (χ4n) is 3.59. The number of piperidine rings is 1. The van der Waals surface area contributed by atoms with Gasteiger partial charge in [0.2, 0.25) is 0 Å². The molecule has 23 heavy (non-hydrogen) atoms. The summed E-state index contributed by atoms with van der Waals surface area (Å²) in [6.07, 6.45) is 7.09. The Labute approximate surface area is 139 Å². The van der Waals surface area contributed by atoms with Crippen molar-refractivity contribution >= 4 is 0 Å². The van der Waals surface area contributed by atoms with Gasteiger partial charge in [0.05, 0.1) is 12.2 Å². The first-order chi connectivity index (χ1) is 11.3. The molecule has 124 valence electrons. The first-order valence-corrected chi connectivity index (χ1v) is 8.96. The van der Waals surface area contributed by atoms with Crippen molar-refractivity contribution in [3.8, 4) is 11.3 Å². The fourth-order valence-corrected chi connectivity index (χ4v) is 3.59. The summed E-state index contributed by atoms with van der Waals surface area (Å²) in [4.78, 5) is 2.62. The van der Waals surface area contributed by atoms with Gasteiger partial charge in [-0.3, -0.25) is 0 Å². The Morgan fingerprint density at radius 2 is 1.91 bits per heavy atom. The molecule has 0 spiro atoms. The van der Waals surface area contributed by atoms with Crippen molar-refractivity contribution in [3.05, 3.63) is 36.5 Å². The number of likely N-dealkylation sites (tertiary alicyclic amines) is 1. The highest BCUT2D eigenvalue weighted by Gasteiger charge is 2.22. The third-order valence-corrected chi connectivity index (χ3v) is 4.86. The van der Waals surface area contributed by atoms with Gasteiger partial charge in [0.25, 0.3) is 0 Å². The molecule has 1 atom stereocenters. The zero-order valence-electron chi connectivity index (χ0n) is 14.4. The second kappa shape index (κ2) is 7.73. The Bertz CT molecular complexity index is 584. The Morgan fingerprint density at radius 3 is 2.61 bits per heavy atom. The van der Waals surface area contributed by atoms with Crippen LogP contribution in [0.3, 0.4) is 0 Å². The van der Waals surface area contributed by atoms with Crippen molar-refractivity contribution in [1.29, 1.82) is 0 Å². The molecule has 1 aromatic carbocycles. The lowest BCUT2D eigenvalue weighted by atomic mass is 10.0. The third-order valence-electron chi connectivity index (χ3n) is 4.86. The molecule has 2 heterocycles. The van der Waals surface area contributed by atoms with Crippen LogP contribution in [0.1, 0.15) is 45.6 Å². The standard InChI is InChI=1S/C19H28N4/c1-3-7-16(2)14-22-12-10-18(11-13-22)23-15-19(20-21-23)17-8-5-4-6-9-17/h4-6,8-9,15-16,18H,3,7,10-14H2,1-2H3/t16-/m0/s1. The summed E-state index contributed by atoms with van der Waals surface area (Å²) >= 11 is 0. The van der Waals surface area contributed by atoms with Gasteiger partial charge in [0, 0.05) is 25.2 Å². The van der Waals surface area contributed by atoms with Crippen LogP contribution in [0.2, 0.25) is 0 Å². The quantitative estimate of drug-likeness (QED) is 0.808. The molecule has 3 rings (SSSR count). The zero-order chi connectivity index (χ0) is 16.1. The van der Waals surface area contributed by atoms with Gasteiger partial charge in [-0.25, -0.2) is 4.68 Å². The molecule has 4 heteroatoms. The molecule has 2 aromatic rings. The van der Waals surface area contributed by atoms with E-state index >= 15 is 0 Å².